The molecule has 0 aliphatic heterocycles. The molecule has 1 heterocycles. The van der Waals surface area contributed by atoms with Crippen LogP contribution in [0.1, 0.15) is 0 Å². The number of rotatable bonds is 1. The van der Waals surface area contributed by atoms with Gasteiger partial charge in [-0.1, -0.05) is 35.9 Å². The Kier molecular flexibility index (Phi) is 2.80. The summed E-state index contributed by atoms with van der Waals surface area (Å²) in [6.45, 7) is 0. The molecule has 3 nitrogen and oxygen atoms in total. The minimum absolute atomic E-state index is 0.328. The van der Waals surface area contributed by atoms with Crippen LogP contribution in [0.4, 0.5) is 10.2 Å². The molecule has 2 N–H and O–H groups in total. The molecule has 0 saturated carbocycles. The van der Waals surface area contributed by atoms with Gasteiger partial charge in [-0.25, -0.2) is 4.39 Å². The zero-order valence-corrected chi connectivity index (χ0v) is 10.5. The Bertz CT molecular complexity index is 774. The van der Waals surface area contributed by atoms with E-state index in [1.54, 1.807) is 12.1 Å². The van der Waals surface area contributed by atoms with Crippen LogP contribution < -0.4 is 5.73 Å². The number of hydrogen-bond acceptors (Lipinski definition) is 3. The van der Waals surface area contributed by atoms with Crippen molar-refractivity contribution in [2.24, 2.45) is 0 Å². The highest BCUT2D eigenvalue weighted by molar-refractivity contribution is 6.30. The highest BCUT2D eigenvalue weighted by atomic mass is 35.5. The zero-order chi connectivity index (χ0) is 13.4. The van der Waals surface area contributed by atoms with Crippen molar-refractivity contribution in [3.63, 3.8) is 0 Å². The van der Waals surface area contributed by atoms with E-state index in [-0.39, 0.29) is 0 Å². The van der Waals surface area contributed by atoms with E-state index < -0.39 is 5.82 Å². The van der Waals surface area contributed by atoms with Gasteiger partial charge in [-0.05, 0) is 18.2 Å². The van der Waals surface area contributed by atoms with Gasteiger partial charge in [-0.3, -0.25) is 0 Å². The molecule has 0 unspecified atom stereocenters. The molecule has 2 aromatic carbocycles. The maximum atomic E-state index is 14.0. The first-order chi connectivity index (χ1) is 9.16. The lowest BCUT2D eigenvalue weighted by Crippen LogP contribution is -1.98. The summed E-state index contributed by atoms with van der Waals surface area (Å²) in [5.41, 5.74) is 6.59. The number of fused-ring (bicyclic) bond motifs is 1. The third-order valence-corrected chi connectivity index (χ3v) is 3.14. The Morgan fingerprint density at radius 1 is 1.00 bits per heavy atom. The van der Waals surface area contributed by atoms with Crippen LogP contribution in [0.5, 0.6) is 0 Å². The molecule has 19 heavy (non-hydrogen) atoms. The zero-order valence-electron chi connectivity index (χ0n) is 9.77. The summed E-state index contributed by atoms with van der Waals surface area (Å²) in [7, 11) is 0. The minimum atomic E-state index is -0.434. The lowest BCUT2D eigenvalue weighted by atomic mass is 10.0. The van der Waals surface area contributed by atoms with Crippen LogP contribution in [0.25, 0.3) is 22.0 Å². The van der Waals surface area contributed by atoms with Crippen LogP contribution in [0.2, 0.25) is 5.02 Å². The van der Waals surface area contributed by atoms with Crippen molar-refractivity contribution in [3.8, 4) is 11.3 Å². The lowest BCUT2D eigenvalue weighted by molar-refractivity contribution is 0.630. The normalized spacial score (nSPS) is 10.8. The monoisotopic (exact) mass is 273 g/mol. The van der Waals surface area contributed by atoms with Gasteiger partial charge in [0.2, 0.25) is 0 Å². The number of nitrogens with two attached hydrogens (primary N) is 1. The number of anilines is 1. The van der Waals surface area contributed by atoms with Crippen LogP contribution in [-0.2, 0) is 0 Å². The lowest BCUT2D eigenvalue weighted by Gasteiger charge is -2.07. The summed E-state index contributed by atoms with van der Waals surface area (Å²) >= 11 is 5.75. The van der Waals surface area contributed by atoms with Crippen molar-refractivity contribution in [1.82, 2.24) is 10.2 Å². The Labute approximate surface area is 113 Å². The van der Waals surface area contributed by atoms with Gasteiger partial charge in [0.1, 0.15) is 11.5 Å². The number of aromatic nitrogens is 2. The van der Waals surface area contributed by atoms with E-state index >= 15 is 0 Å². The Morgan fingerprint density at radius 2 is 1.74 bits per heavy atom. The van der Waals surface area contributed by atoms with Crippen LogP contribution in [0.15, 0.2) is 42.5 Å². The summed E-state index contributed by atoms with van der Waals surface area (Å²) in [6.07, 6.45) is 0. The van der Waals surface area contributed by atoms with Crippen molar-refractivity contribution in [2.45, 2.75) is 0 Å². The van der Waals surface area contributed by atoms with E-state index in [2.05, 4.69) is 10.2 Å². The highest BCUT2D eigenvalue weighted by Crippen LogP contribution is 2.30. The molecule has 94 valence electrons. The molecule has 0 fully saturated rings. The van der Waals surface area contributed by atoms with Crippen LogP contribution in [0, 0.1) is 5.82 Å². The summed E-state index contributed by atoms with van der Waals surface area (Å²) in [6, 6.07) is 11.8. The van der Waals surface area contributed by atoms with E-state index in [4.69, 9.17) is 17.3 Å². The van der Waals surface area contributed by atoms with E-state index in [1.165, 1.54) is 6.07 Å². The van der Waals surface area contributed by atoms with Crippen LogP contribution in [-0.4, -0.2) is 10.2 Å². The van der Waals surface area contributed by atoms with Gasteiger partial charge in [-0.2, -0.15) is 0 Å². The average Bonchev–Trinajstić information content (AvgIpc) is 2.41. The molecular weight excluding hydrogens is 265 g/mol. The molecule has 3 aromatic rings. The van der Waals surface area contributed by atoms with Crippen molar-refractivity contribution < 1.29 is 4.39 Å². The molecule has 3 rings (SSSR count). The van der Waals surface area contributed by atoms with E-state index in [0.29, 0.717) is 22.1 Å². The quantitative estimate of drug-likeness (QED) is 0.736. The van der Waals surface area contributed by atoms with Gasteiger partial charge in [0.05, 0.1) is 0 Å². The number of hydrogen-bond donors (Lipinski definition) is 1. The van der Waals surface area contributed by atoms with Crippen LogP contribution in [0.3, 0.4) is 0 Å². The first kappa shape index (κ1) is 11.9. The third kappa shape index (κ3) is 2.00. The molecule has 0 bridgehead atoms. The number of nitrogens with zero attached hydrogens (tertiary/aromatic N) is 2. The third-order valence-electron chi connectivity index (χ3n) is 2.90. The van der Waals surface area contributed by atoms with Gasteiger partial charge >= 0.3 is 0 Å². The first-order valence-electron chi connectivity index (χ1n) is 5.63. The van der Waals surface area contributed by atoms with Crippen molar-refractivity contribution in [1.29, 1.82) is 0 Å². The van der Waals surface area contributed by atoms with Crippen molar-refractivity contribution >= 4 is 28.2 Å². The summed E-state index contributed by atoms with van der Waals surface area (Å²) in [5.74, 6) is -0.106. The number of benzene rings is 2. The second kappa shape index (κ2) is 4.48. The summed E-state index contributed by atoms with van der Waals surface area (Å²) in [5, 5.41) is 9.74. The molecule has 0 aliphatic rings. The summed E-state index contributed by atoms with van der Waals surface area (Å²) in [4.78, 5) is 0. The van der Waals surface area contributed by atoms with Gasteiger partial charge in [-0.15, -0.1) is 10.2 Å². The van der Waals surface area contributed by atoms with E-state index in [9.17, 15) is 4.39 Å². The fraction of sp³-hybridized carbons (Fsp3) is 0. The van der Waals surface area contributed by atoms with E-state index in [1.807, 2.05) is 24.3 Å². The highest BCUT2D eigenvalue weighted by Gasteiger charge is 2.12. The molecule has 1 aromatic heterocycles. The molecule has 0 atom stereocenters. The average molecular weight is 274 g/mol. The van der Waals surface area contributed by atoms with Gasteiger partial charge in [0.15, 0.2) is 5.82 Å². The maximum Gasteiger partial charge on any atom is 0.154 e. The fourth-order valence-corrected chi connectivity index (χ4v) is 2.16. The second-order valence-electron chi connectivity index (χ2n) is 4.10. The smallest absolute Gasteiger partial charge is 0.154 e. The van der Waals surface area contributed by atoms with Gasteiger partial charge in [0, 0.05) is 21.4 Å². The molecule has 0 aliphatic carbocycles. The number of halogens is 2. The molecular formula is C14H9ClFN3. The molecule has 0 radical (unpaired) electrons. The Hall–Kier alpha value is -2.20. The van der Waals surface area contributed by atoms with Crippen molar-refractivity contribution in [2.75, 3.05) is 5.73 Å². The maximum absolute atomic E-state index is 14.0. The standard InChI is InChI=1S/C14H9ClFN3/c15-8-5-6-11(12(16)7-8)13-9-3-1-2-4-10(9)14(17)19-18-13/h1-7H,(H2,17,19). The summed E-state index contributed by atoms with van der Waals surface area (Å²) < 4.78 is 14.0. The van der Waals surface area contributed by atoms with Gasteiger partial charge < -0.3 is 5.73 Å². The fourth-order valence-electron chi connectivity index (χ4n) is 2.01. The Balaban J connectivity index is 2.34. The SMILES string of the molecule is Nc1nnc(-c2ccc(Cl)cc2F)c2ccccc12. The van der Waals surface area contributed by atoms with Crippen molar-refractivity contribution in [3.05, 3.63) is 53.3 Å². The largest absolute Gasteiger partial charge is 0.382 e. The topological polar surface area (TPSA) is 51.8 Å². The predicted molar refractivity (Wildman–Crippen MR) is 74.4 cm³/mol. The molecule has 0 amide bonds. The first-order valence-corrected chi connectivity index (χ1v) is 6.01. The number of nitrogen functional groups attached to an aromatic ring is 1. The molecule has 0 spiro atoms. The molecule has 5 heteroatoms. The second-order valence-corrected chi connectivity index (χ2v) is 4.54. The predicted octanol–water partition coefficient (Wildman–Crippen LogP) is 3.67. The van der Waals surface area contributed by atoms with Crippen LogP contribution >= 0.6 is 11.6 Å². The van der Waals surface area contributed by atoms with Gasteiger partial charge in [0.25, 0.3) is 0 Å². The minimum Gasteiger partial charge on any atom is -0.382 e. The Morgan fingerprint density at radius 3 is 2.47 bits per heavy atom. The van der Waals surface area contributed by atoms with E-state index in [0.717, 1.165) is 10.8 Å². The molecule has 0 saturated heterocycles.